The average Bonchev–Trinajstić information content (AvgIpc) is 4.15. The van der Waals surface area contributed by atoms with Crippen molar-refractivity contribution in [3.05, 3.63) is 58.8 Å². The topological polar surface area (TPSA) is 186 Å². The molecule has 5 heterocycles. The molecule has 14 heteroatoms. The first kappa shape index (κ1) is 49.0. The number of rotatable bonds is 3. The van der Waals surface area contributed by atoms with Crippen LogP contribution in [0.5, 0.6) is 11.5 Å². The van der Waals surface area contributed by atoms with Crippen LogP contribution in [0.3, 0.4) is 0 Å². The van der Waals surface area contributed by atoms with E-state index in [0.717, 1.165) is 73.8 Å². The quantitative estimate of drug-likeness (QED) is 0.112. The van der Waals surface area contributed by atoms with Gasteiger partial charge in [0, 0.05) is 85.1 Å². The Morgan fingerprint density at radius 1 is 0.942 bits per heavy atom. The van der Waals surface area contributed by atoms with E-state index in [1.165, 1.54) is 71.1 Å². The number of nitrogens with one attached hydrogen (secondary N) is 1. The predicted molar refractivity (Wildman–Crippen MR) is 276 cm³/mol. The molecule has 7 N–H and O–H groups in total. The standard InChI is InChI=1S/C55H78N6O6S2/c1-37(62)66-44-13-12-39-29-41(48(65)49-47(39)40-14-24-54(67-49)22-8-10-42(54)30-40)34-61-35-52(33-46(61)64,32-38-15-26-58-45(56)28-38)25-27-59-50(57)60-55(23-9-21-53(55)19-6-7-20-53)69-68-36-51(17-4-5-18-51)16-3-2-11-43(63)31-44/h14-15,24,26,28-29,40,42-44,63,65H,2-13,16-23,25,27,30-36H2,1H3,(H2,56,58)(H3,57,59,60). The van der Waals surface area contributed by atoms with Gasteiger partial charge in [-0.05, 0) is 150 Å². The lowest BCUT2D eigenvalue weighted by Crippen LogP contribution is -2.55. The van der Waals surface area contributed by atoms with E-state index < -0.39 is 23.2 Å². The number of carbonyl (C=O) groups excluding carboxylic acids is 2. The van der Waals surface area contributed by atoms with Gasteiger partial charge in [0.2, 0.25) is 5.91 Å². The van der Waals surface area contributed by atoms with Crippen molar-refractivity contribution in [1.29, 1.82) is 0 Å². The molecule has 7 atom stereocenters. The van der Waals surface area contributed by atoms with Gasteiger partial charge in [0.05, 0.1) is 6.10 Å². The molecule has 12 nitrogen and oxygen atoms in total. The average molecular weight is 983 g/mol. The summed E-state index contributed by atoms with van der Waals surface area (Å²) in [7, 11) is 4.10. The number of benzene rings is 1. The summed E-state index contributed by atoms with van der Waals surface area (Å²) in [5, 5.41) is 27.9. The van der Waals surface area contributed by atoms with Crippen LogP contribution in [-0.4, -0.2) is 79.5 Å². The number of nitrogens with two attached hydrogens (primary N) is 2. The fourth-order valence-corrected chi connectivity index (χ4v) is 19.2. The highest BCUT2D eigenvalue weighted by molar-refractivity contribution is 8.77. The Morgan fingerprint density at radius 2 is 1.72 bits per heavy atom. The summed E-state index contributed by atoms with van der Waals surface area (Å²) >= 11 is 0. The zero-order chi connectivity index (χ0) is 47.9. The van der Waals surface area contributed by atoms with Gasteiger partial charge in [-0.25, -0.2) is 4.98 Å². The molecule has 4 aliphatic heterocycles. The van der Waals surface area contributed by atoms with E-state index in [9.17, 15) is 19.8 Å². The lowest BCUT2D eigenvalue weighted by atomic mass is 9.75. The minimum absolute atomic E-state index is 0.0305. The Hall–Kier alpha value is -3.62. The Morgan fingerprint density at radius 3 is 2.52 bits per heavy atom. The second-order valence-corrected chi connectivity index (χ2v) is 25.7. The fourth-order valence-electron chi connectivity index (χ4n) is 15.0. The molecule has 69 heavy (non-hydrogen) atoms. The number of pyridine rings is 1. The Labute approximate surface area is 418 Å². The van der Waals surface area contributed by atoms with Crippen molar-refractivity contribution in [2.45, 2.75) is 203 Å². The number of amides is 1. The number of aryl methyl sites for hydroxylation is 1. The molecule has 9 aliphatic rings. The molecule has 4 spiro atoms. The van der Waals surface area contributed by atoms with Crippen molar-refractivity contribution in [2.24, 2.45) is 32.9 Å². The summed E-state index contributed by atoms with van der Waals surface area (Å²) < 4.78 is 13.1. The Kier molecular flexibility index (Phi) is 14.3. The molecular formula is C55H78N6O6S2. The maximum absolute atomic E-state index is 14.5. The van der Waals surface area contributed by atoms with Crippen LogP contribution in [0.25, 0.3) is 0 Å². The third-order valence-corrected chi connectivity index (χ3v) is 21.9. The third-order valence-electron chi connectivity index (χ3n) is 18.5. The number of carbonyl (C=O) groups is 2. The van der Waals surface area contributed by atoms with Crippen LogP contribution in [0.1, 0.15) is 183 Å². The highest BCUT2D eigenvalue weighted by atomic mass is 33.1. The van der Waals surface area contributed by atoms with Crippen molar-refractivity contribution >= 4 is 45.2 Å². The lowest BCUT2D eigenvalue weighted by Gasteiger charge is -2.44. The summed E-state index contributed by atoms with van der Waals surface area (Å²) in [6.07, 6.45) is 29.7. The molecule has 4 saturated carbocycles. The van der Waals surface area contributed by atoms with E-state index in [-0.39, 0.29) is 40.4 Å². The van der Waals surface area contributed by atoms with Crippen molar-refractivity contribution in [3.8, 4) is 11.5 Å². The number of aromatic nitrogens is 1. The summed E-state index contributed by atoms with van der Waals surface area (Å²) in [5.41, 5.74) is 16.5. The normalized spacial score (nSPS) is 33.7. The van der Waals surface area contributed by atoms with Crippen molar-refractivity contribution in [3.63, 3.8) is 0 Å². The molecule has 7 unspecified atom stereocenters. The van der Waals surface area contributed by atoms with Crippen LogP contribution >= 0.6 is 21.6 Å². The smallest absolute Gasteiger partial charge is 0.302 e. The zero-order valence-electron chi connectivity index (χ0n) is 41.1. The maximum Gasteiger partial charge on any atom is 0.302 e. The monoisotopic (exact) mass is 983 g/mol. The lowest BCUT2D eigenvalue weighted by molar-refractivity contribution is -0.148. The number of hydrogen-bond donors (Lipinski definition) is 5. The number of aromatic hydroxyl groups is 1. The first-order valence-electron chi connectivity index (χ1n) is 26.8. The Bertz CT molecular complexity index is 2280. The van der Waals surface area contributed by atoms with E-state index in [0.29, 0.717) is 92.5 Å². The van der Waals surface area contributed by atoms with Gasteiger partial charge < -0.3 is 41.4 Å². The zero-order valence-corrected chi connectivity index (χ0v) is 42.8. The van der Waals surface area contributed by atoms with Gasteiger partial charge >= 0.3 is 5.97 Å². The summed E-state index contributed by atoms with van der Waals surface area (Å²) in [5.74, 6) is 2.84. The van der Waals surface area contributed by atoms with Gasteiger partial charge in [-0.3, -0.25) is 14.6 Å². The molecular weight excluding hydrogens is 905 g/mol. The molecule has 2 aromatic rings. The van der Waals surface area contributed by atoms with E-state index >= 15 is 0 Å². The SMILES string of the molecule is CC(=O)OC1CCc2cc(c(O)c3c2C2C=CC4(CCCC4C2)O3)CN2CC(Cc3ccnc(N)c3)(CCN=C(N)NC3(CCCC34CCCC4)SSCC3(CCCCC(O)C1)CCCC3)CC2=O. The van der Waals surface area contributed by atoms with Crippen LogP contribution < -0.4 is 21.5 Å². The molecule has 1 saturated heterocycles. The number of ether oxygens (including phenoxy) is 2. The number of fused-ring (bicyclic) bond motifs is 5. The fraction of sp³-hybridized carbons (Fsp3) is 0.709. The first-order chi connectivity index (χ1) is 33.3. The molecule has 5 aliphatic carbocycles. The number of nitrogen functional groups attached to an aromatic ring is 1. The summed E-state index contributed by atoms with van der Waals surface area (Å²) in [6.45, 7) is 2.63. The number of aliphatic hydroxyl groups is 1. The molecule has 6 bridgehead atoms. The van der Waals surface area contributed by atoms with E-state index in [2.05, 4.69) is 39.3 Å². The van der Waals surface area contributed by atoms with Crippen LogP contribution in [0.4, 0.5) is 5.82 Å². The number of phenolic OH excluding ortho intramolecular Hbond substituents is 1. The highest BCUT2D eigenvalue weighted by Gasteiger charge is 2.57. The molecule has 0 radical (unpaired) electrons. The summed E-state index contributed by atoms with van der Waals surface area (Å²) in [6, 6.07) is 5.99. The Balaban J connectivity index is 0.989. The van der Waals surface area contributed by atoms with Crippen molar-refractivity contribution in [1.82, 2.24) is 15.2 Å². The number of anilines is 1. The van der Waals surface area contributed by atoms with E-state index in [1.54, 1.807) is 6.20 Å². The van der Waals surface area contributed by atoms with E-state index in [1.807, 2.05) is 27.8 Å². The van der Waals surface area contributed by atoms with Gasteiger partial charge in [0.1, 0.15) is 22.4 Å². The predicted octanol–water partition coefficient (Wildman–Crippen LogP) is 10.2. The number of guanidine groups is 1. The van der Waals surface area contributed by atoms with Gasteiger partial charge in [-0.15, -0.1) is 0 Å². The number of hydrogen-bond acceptors (Lipinski definition) is 13. The van der Waals surface area contributed by atoms with Crippen molar-refractivity contribution in [2.75, 3.05) is 24.6 Å². The summed E-state index contributed by atoms with van der Waals surface area (Å²) in [4.78, 5) is 38.2. The van der Waals surface area contributed by atoms with Crippen molar-refractivity contribution < 1.29 is 29.3 Å². The molecule has 1 amide bonds. The van der Waals surface area contributed by atoms with Gasteiger partial charge in [0.25, 0.3) is 0 Å². The van der Waals surface area contributed by atoms with Gasteiger partial charge in [-0.2, -0.15) is 0 Å². The highest BCUT2D eigenvalue weighted by Crippen LogP contribution is 2.64. The molecule has 1 aromatic heterocycles. The number of allylic oxidation sites excluding steroid dienone is 1. The number of aliphatic hydroxyl groups excluding tert-OH is 1. The number of esters is 1. The minimum Gasteiger partial charge on any atom is -0.504 e. The molecule has 5 fully saturated rings. The second kappa shape index (κ2) is 20.1. The minimum atomic E-state index is -0.585. The first-order valence-corrected chi connectivity index (χ1v) is 29.1. The number of aliphatic imine (C=N–C) groups is 1. The van der Waals surface area contributed by atoms with Crippen LogP contribution in [0.15, 0.2) is 41.5 Å². The molecule has 11 rings (SSSR count). The number of phenols is 1. The molecule has 1 aromatic carbocycles. The molecule has 376 valence electrons. The van der Waals surface area contributed by atoms with Crippen LogP contribution in [0, 0.1) is 22.2 Å². The van der Waals surface area contributed by atoms with Crippen LogP contribution in [-0.2, 0) is 33.7 Å². The van der Waals surface area contributed by atoms with Crippen LogP contribution in [0.2, 0.25) is 0 Å². The number of nitrogens with zero attached hydrogens (tertiary/aromatic N) is 3. The largest absolute Gasteiger partial charge is 0.504 e. The van der Waals surface area contributed by atoms with Gasteiger partial charge in [0.15, 0.2) is 17.5 Å². The maximum atomic E-state index is 14.5. The third kappa shape index (κ3) is 10.1. The second-order valence-electron chi connectivity index (χ2n) is 23.1. The van der Waals surface area contributed by atoms with E-state index in [4.69, 9.17) is 25.9 Å². The van der Waals surface area contributed by atoms with Gasteiger partial charge in [-0.1, -0.05) is 66.2 Å².